The summed E-state index contributed by atoms with van der Waals surface area (Å²) in [7, 11) is 1.38. The lowest BCUT2D eigenvalue weighted by atomic mass is 9.93. The van der Waals surface area contributed by atoms with Crippen molar-refractivity contribution in [3.63, 3.8) is 0 Å². The van der Waals surface area contributed by atoms with Crippen LogP contribution in [0.4, 0.5) is 10.5 Å². The van der Waals surface area contributed by atoms with E-state index < -0.39 is 0 Å². The number of carbonyl (C=O) groups excluding carboxylic acids is 2. The third-order valence-electron chi connectivity index (χ3n) is 4.38. The quantitative estimate of drug-likeness (QED) is 0.843. The number of rotatable bonds is 5. The van der Waals surface area contributed by atoms with Gasteiger partial charge >= 0.3 is 12.0 Å². The van der Waals surface area contributed by atoms with Crippen molar-refractivity contribution in [3.05, 3.63) is 30.3 Å². The van der Waals surface area contributed by atoms with Crippen LogP contribution in [-0.2, 0) is 9.53 Å². The predicted octanol–water partition coefficient (Wildman–Crippen LogP) is 3.66. The summed E-state index contributed by atoms with van der Waals surface area (Å²) in [5.41, 5.74) is 0.768. The van der Waals surface area contributed by atoms with Crippen LogP contribution in [0.3, 0.4) is 0 Å². The molecule has 0 spiro atoms. The fraction of sp³-hybridized carbons (Fsp3) is 0.556. The van der Waals surface area contributed by atoms with Crippen LogP contribution in [-0.4, -0.2) is 36.6 Å². The predicted molar refractivity (Wildman–Crippen MR) is 90.2 cm³/mol. The number of esters is 1. The SMILES string of the molecule is COC(=O)C(C)CN(C(=O)Nc1ccccc1)C1CCCCC1. The van der Waals surface area contributed by atoms with Gasteiger partial charge in [0, 0.05) is 18.3 Å². The maximum atomic E-state index is 12.7. The van der Waals surface area contributed by atoms with E-state index >= 15 is 0 Å². The molecule has 1 aliphatic rings. The van der Waals surface area contributed by atoms with Crippen molar-refractivity contribution in [3.8, 4) is 0 Å². The number of carbonyl (C=O) groups is 2. The first-order valence-corrected chi connectivity index (χ1v) is 8.32. The van der Waals surface area contributed by atoms with Crippen molar-refractivity contribution in [1.29, 1.82) is 0 Å². The minimum Gasteiger partial charge on any atom is -0.469 e. The van der Waals surface area contributed by atoms with E-state index in [1.54, 1.807) is 6.92 Å². The number of ether oxygens (including phenoxy) is 1. The van der Waals surface area contributed by atoms with E-state index in [2.05, 4.69) is 5.32 Å². The summed E-state index contributed by atoms with van der Waals surface area (Å²) in [5, 5.41) is 2.94. The normalized spacial score (nSPS) is 16.4. The molecule has 2 amide bonds. The molecule has 1 saturated carbocycles. The summed E-state index contributed by atoms with van der Waals surface area (Å²) in [5.74, 6) is -0.609. The number of para-hydroxylation sites is 1. The highest BCUT2D eigenvalue weighted by Crippen LogP contribution is 2.24. The molecule has 0 radical (unpaired) electrons. The van der Waals surface area contributed by atoms with Gasteiger partial charge in [0.15, 0.2) is 0 Å². The third-order valence-corrected chi connectivity index (χ3v) is 4.38. The van der Waals surface area contributed by atoms with Crippen LogP contribution < -0.4 is 5.32 Å². The molecule has 1 aromatic carbocycles. The van der Waals surface area contributed by atoms with Gasteiger partial charge in [0.2, 0.25) is 0 Å². The first-order valence-electron chi connectivity index (χ1n) is 8.32. The lowest BCUT2D eigenvalue weighted by molar-refractivity contribution is -0.145. The molecule has 5 heteroatoms. The molecule has 126 valence electrons. The van der Waals surface area contributed by atoms with Crippen LogP contribution in [0.15, 0.2) is 30.3 Å². The van der Waals surface area contributed by atoms with Gasteiger partial charge in [0.05, 0.1) is 13.0 Å². The van der Waals surface area contributed by atoms with Crippen LogP contribution in [0, 0.1) is 5.92 Å². The van der Waals surface area contributed by atoms with Crippen molar-refractivity contribution in [2.45, 2.75) is 45.1 Å². The monoisotopic (exact) mass is 318 g/mol. The number of benzene rings is 1. The molecule has 1 aromatic rings. The maximum Gasteiger partial charge on any atom is 0.322 e. The zero-order valence-corrected chi connectivity index (χ0v) is 14.0. The Morgan fingerprint density at radius 1 is 1.22 bits per heavy atom. The number of anilines is 1. The number of hydrogen-bond acceptors (Lipinski definition) is 3. The number of nitrogens with one attached hydrogen (secondary N) is 1. The summed E-state index contributed by atoms with van der Waals surface area (Å²) in [6.45, 7) is 2.19. The van der Waals surface area contributed by atoms with E-state index in [9.17, 15) is 9.59 Å². The molecular weight excluding hydrogens is 292 g/mol. The highest BCUT2D eigenvalue weighted by atomic mass is 16.5. The van der Waals surface area contributed by atoms with E-state index in [1.807, 2.05) is 35.2 Å². The molecule has 23 heavy (non-hydrogen) atoms. The lowest BCUT2D eigenvalue weighted by Crippen LogP contribution is -2.47. The zero-order valence-electron chi connectivity index (χ0n) is 14.0. The Bertz CT molecular complexity index is 512. The Labute approximate surface area is 138 Å². The number of urea groups is 1. The molecule has 0 aliphatic heterocycles. The zero-order chi connectivity index (χ0) is 16.7. The van der Waals surface area contributed by atoms with Crippen molar-refractivity contribution in [2.75, 3.05) is 19.0 Å². The van der Waals surface area contributed by atoms with Gasteiger partial charge in [-0.2, -0.15) is 0 Å². The molecule has 1 aliphatic carbocycles. The van der Waals surface area contributed by atoms with Crippen molar-refractivity contribution in [2.24, 2.45) is 5.92 Å². The van der Waals surface area contributed by atoms with Gasteiger partial charge in [0.1, 0.15) is 0 Å². The first-order chi connectivity index (χ1) is 11.1. The smallest absolute Gasteiger partial charge is 0.322 e. The summed E-state index contributed by atoms with van der Waals surface area (Å²) in [6, 6.07) is 9.46. The number of nitrogens with zero attached hydrogens (tertiary/aromatic N) is 1. The highest BCUT2D eigenvalue weighted by molar-refractivity contribution is 5.89. The Morgan fingerprint density at radius 2 is 1.87 bits per heavy atom. The molecule has 1 fully saturated rings. The molecule has 1 atom stereocenters. The van der Waals surface area contributed by atoms with E-state index in [1.165, 1.54) is 13.5 Å². The molecule has 2 rings (SSSR count). The largest absolute Gasteiger partial charge is 0.469 e. The number of amides is 2. The summed E-state index contributed by atoms with van der Waals surface area (Å²) in [6.07, 6.45) is 5.47. The second-order valence-electron chi connectivity index (χ2n) is 6.16. The maximum absolute atomic E-state index is 12.7. The lowest BCUT2D eigenvalue weighted by Gasteiger charge is -2.35. The third kappa shape index (κ3) is 4.98. The fourth-order valence-electron chi connectivity index (χ4n) is 3.08. The van der Waals surface area contributed by atoms with Crippen LogP contribution >= 0.6 is 0 Å². The van der Waals surface area contributed by atoms with Crippen LogP contribution in [0.25, 0.3) is 0 Å². The van der Waals surface area contributed by atoms with Crippen molar-refractivity contribution in [1.82, 2.24) is 4.90 Å². The molecule has 1 N–H and O–H groups in total. The average molecular weight is 318 g/mol. The Hall–Kier alpha value is -2.04. The molecular formula is C18H26N2O3. The number of hydrogen-bond donors (Lipinski definition) is 1. The Kier molecular flexibility index (Phi) is 6.44. The average Bonchev–Trinajstić information content (AvgIpc) is 2.60. The van der Waals surface area contributed by atoms with E-state index in [4.69, 9.17) is 4.74 Å². The molecule has 1 unspecified atom stereocenters. The molecule has 0 bridgehead atoms. The highest BCUT2D eigenvalue weighted by Gasteiger charge is 2.29. The van der Waals surface area contributed by atoms with E-state index in [0.29, 0.717) is 6.54 Å². The Morgan fingerprint density at radius 3 is 2.48 bits per heavy atom. The topological polar surface area (TPSA) is 58.6 Å². The van der Waals surface area contributed by atoms with Gasteiger partial charge in [-0.15, -0.1) is 0 Å². The minimum absolute atomic E-state index is 0.140. The molecule has 0 saturated heterocycles. The van der Waals surface area contributed by atoms with Crippen LogP contribution in [0.1, 0.15) is 39.0 Å². The molecule has 0 aromatic heterocycles. The Balaban J connectivity index is 2.08. The van der Waals surface area contributed by atoms with Crippen molar-refractivity contribution < 1.29 is 14.3 Å². The van der Waals surface area contributed by atoms with Crippen LogP contribution in [0.5, 0.6) is 0 Å². The second-order valence-corrected chi connectivity index (χ2v) is 6.16. The second kappa shape index (κ2) is 8.56. The van der Waals surface area contributed by atoms with Gasteiger partial charge in [-0.25, -0.2) is 4.79 Å². The van der Waals surface area contributed by atoms with Gasteiger partial charge in [-0.1, -0.05) is 44.4 Å². The minimum atomic E-state index is -0.330. The van der Waals surface area contributed by atoms with Crippen LogP contribution in [0.2, 0.25) is 0 Å². The number of methoxy groups -OCH3 is 1. The van der Waals surface area contributed by atoms with Crippen molar-refractivity contribution >= 4 is 17.7 Å². The van der Waals surface area contributed by atoms with E-state index in [0.717, 1.165) is 31.4 Å². The van der Waals surface area contributed by atoms with E-state index in [-0.39, 0.29) is 24.0 Å². The van der Waals surface area contributed by atoms with Gasteiger partial charge in [-0.05, 0) is 25.0 Å². The van der Waals surface area contributed by atoms with Gasteiger partial charge in [-0.3, -0.25) is 4.79 Å². The summed E-state index contributed by atoms with van der Waals surface area (Å²) < 4.78 is 4.80. The molecule has 5 nitrogen and oxygen atoms in total. The summed E-state index contributed by atoms with van der Waals surface area (Å²) in [4.78, 5) is 26.3. The first kappa shape index (κ1) is 17.3. The van der Waals surface area contributed by atoms with Gasteiger partial charge in [0.25, 0.3) is 0 Å². The van der Waals surface area contributed by atoms with Gasteiger partial charge < -0.3 is 15.0 Å². The standard InChI is InChI=1S/C18H26N2O3/c1-14(17(21)23-2)13-20(16-11-7-4-8-12-16)18(22)19-15-9-5-3-6-10-15/h3,5-6,9-10,14,16H,4,7-8,11-13H2,1-2H3,(H,19,22). The summed E-state index contributed by atoms with van der Waals surface area (Å²) >= 11 is 0. The molecule has 0 heterocycles. The fourth-order valence-corrected chi connectivity index (χ4v) is 3.08.